The van der Waals surface area contributed by atoms with Crippen molar-refractivity contribution in [3.63, 3.8) is 0 Å². The van der Waals surface area contributed by atoms with Gasteiger partial charge in [0.1, 0.15) is 19.6 Å². The first kappa shape index (κ1) is 14.6. The molecule has 0 aromatic heterocycles. The van der Waals surface area contributed by atoms with Crippen molar-refractivity contribution < 1.29 is 28.5 Å². The van der Waals surface area contributed by atoms with Gasteiger partial charge in [-0.15, -0.1) is 0 Å². The van der Waals surface area contributed by atoms with E-state index in [0.717, 1.165) is 0 Å². The van der Waals surface area contributed by atoms with Gasteiger partial charge in [-0.3, -0.25) is 9.59 Å². The molecule has 0 saturated heterocycles. The van der Waals surface area contributed by atoms with Gasteiger partial charge in [-0.25, -0.2) is 0 Å². The highest BCUT2D eigenvalue weighted by Crippen LogP contribution is 1.96. The highest BCUT2D eigenvalue weighted by atomic mass is 16.7. The number of esters is 2. The molecule has 0 atom stereocenters. The van der Waals surface area contributed by atoms with Gasteiger partial charge in [0.15, 0.2) is 6.29 Å². The topological polar surface area (TPSA) is 71.1 Å². The Morgan fingerprint density at radius 3 is 2.25 bits per heavy atom. The van der Waals surface area contributed by atoms with Crippen LogP contribution in [0, 0.1) is 0 Å². The number of hydrogen-bond acceptors (Lipinski definition) is 6. The van der Waals surface area contributed by atoms with Crippen molar-refractivity contribution in [1.29, 1.82) is 0 Å². The molecule has 0 aromatic rings. The molecule has 0 spiro atoms. The predicted octanol–water partition coefficient (Wildman–Crippen LogP) is 0.268. The maximum atomic E-state index is 11.1. The van der Waals surface area contributed by atoms with Gasteiger partial charge in [0.25, 0.3) is 0 Å². The Morgan fingerprint density at radius 1 is 1.19 bits per heavy atom. The van der Waals surface area contributed by atoms with Gasteiger partial charge in [-0.05, 0) is 0 Å². The van der Waals surface area contributed by atoms with E-state index in [1.54, 1.807) is 0 Å². The van der Waals surface area contributed by atoms with E-state index in [1.165, 1.54) is 20.3 Å². The number of carbonyl (C=O) groups excluding carboxylic acids is 2. The van der Waals surface area contributed by atoms with Crippen molar-refractivity contribution in [1.82, 2.24) is 0 Å². The Kier molecular flexibility index (Phi) is 8.10. The van der Waals surface area contributed by atoms with E-state index in [1.807, 2.05) is 0 Å². The van der Waals surface area contributed by atoms with Crippen LogP contribution in [0.15, 0.2) is 12.7 Å². The van der Waals surface area contributed by atoms with Gasteiger partial charge in [0.05, 0.1) is 0 Å². The van der Waals surface area contributed by atoms with Crippen LogP contribution in [0.5, 0.6) is 0 Å². The summed E-state index contributed by atoms with van der Waals surface area (Å²) in [7, 11) is 2.83. The normalized spacial score (nSPS) is 9.94. The van der Waals surface area contributed by atoms with Crippen LogP contribution in [0.2, 0.25) is 0 Å². The number of methoxy groups -OCH3 is 2. The van der Waals surface area contributed by atoms with Crippen molar-refractivity contribution in [3.05, 3.63) is 12.7 Å². The molecule has 0 unspecified atom stereocenters. The first-order valence-corrected chi connectivity index (χ1v) is 4.61. The first-order valence-electron chi connectivity index (χ1n) is 4.61. The lowest BCUT2D eigenvalue weighted by Gasteiger charge is -2.12. The monoisotopic (exact) mass is 232 g/mol. The van der Waals surface area contributed by atoms with Gasteiger partial charge in [-0.1, -0.05) is 12.7 Å². The molecule has 92 valence electrons. The summed E-state index contributed by atoms with van der Waals surface area (Å²) in [6, 6.07) is 0. The lowest BCUT2D eigenvalue weighted by molar-refractivity contribution is -0.169. The van der Waals surface area contributed by atoms with E-state index in [2.05, 4.69) is 11.3 Å². The van der Waals surface area contributed by atoms with Crippen molar-refractivity contribution in [2.24, 2.45) is 0 Å². The molecule has 0 bridgehead atoms. The SMILES string of the molecule is C=CCOC(=O)CC(=O)OCC(OC)OC. The maximum absolute atomic E-state index is 11.1. The number of carbonyl (C=O) groups is 2. The minimum atomic E-state index is -0.687. The smallest absolute Gasteiger partial charge is 0.317 e. The van der Waals surface area contributed by atoms with Crippen molar-refractivity contribution >= 4 is 11.9 Å². The largest absolute Gasteiger partial charge is 0.461 e. The third kappa shape index (κ3) is 6.97. The molecule has 0 aliphatic carbocycles. The fraction of sp³-hybridized carbons (Fsp3) is 0.600. The van der Waals surface area contributed by atoms with Gasteiger partial charge < -0.3 is 18.9 Å². The average molecular weight is 232 g/mol. The molecule has 16 heavy (non-hydrogen) atoms. The third-order valence-corrected chi connectivity index (χ3v) is 1.56. The fourth-order valence-electron chi connectivity index (χ4n) is 0.765. The van der Waals surface area contributed by atoms with Gasteiger partial charge in [0.2, 0.25) is 0 Å². The van der Waals surface area contributed by atoms with Crippen LogP contribution in [-0.2, 0) is 28.5 Å². The van der Waals surface area contributed by atoms with E-state index >= 15 is 0 Å². The Bertz CT molecular complexity index is 233. The summed E-state index contributed by atoms with van der Waals surface area (Å²) < 4.78 is 18.9. The molecule has 0 radical (unpaired) electrons. The molecule has 0 N–H and O–H groups in total. The molecular formula is C10H16O6. The molecule has 0 fully saturated rings. The Morgan fingerprint density at radius 2 is 1.75 bits per heavy atom. The van der Waals surface area contributed by atoms with Crippen molar-refractivity contribution in [2.45, 2.75) is 12.7 Å². The van der Waals surface area contributed by atoms with Gasteiger partial charge in [0, 0.05) is 14.2 Å². The van der Waals surface area contributed by atoms with Crippen molar-refractivity contribution in [2.75, 3.05) is 27.4 Å². The quantitative estimate of drug-likeness (QED) is 0.259. The molecule has 0 heterocycles. The van der Waals surface area contributed by atoms with Crippen LogP contribution in [0.4, 0.5) is 0 Å². The molecule has 0 aromatic carbocycles. The van der Waals surface area contributed by atoms with E-state index in [9.17, 15) is 9.59 Å². The summed E-state index contributed by atoms with van der Waals surface area (Å²) in [4.78, 5) is 22.1. The average Bonchev–Trinajstić information content (AvgIpc) is 2.27. The summed E-state index contributed by atoms with van der Waals surface area (Å²) >= 11 is 0. The van der Waals surface area contributed by atoms with Crippen LogP contribution in [0.1, 0.15) is 6.42 Å². The van der Waals surface area contributed by atoms with E-state index in [-0.39, 0.29) is 13.2 Å². The fourth-order valence-corrected chi connectivity index (χ4v) is 0.765. The van der Waals surface area contributed by atoms with E-state index in [4.69, 9.17) is 14.2 Å². The molecule has 0 aliphatic rings. The zero-order valence-corrected chi connectivity index (χ0v) is 9.43. The molecule has 0 amide bonds. The molecule has 0 rings (SSSR count). The number of hydrogen-bond donors (Lipinski definition) is 0. The Hall–Kier alpha value is -1.40. The zero-order chi connectivity index (χ0) is 12.4. The highest BCUT2D eigenvalue weighted by molar-refractivity contribution is 5.91. The van der Waals surface area contributed by atoms with Crippen molar-refractivity contribution in [3.8, 4) is 0 Å². The van der Waals surface area contributed by atoms with E-state index in [0.29, 0.717) is 0 Å². The van der Waals surface area contributed by atoms with E-state index < -0.39 is 24.6 Å². The lowest BCUT2D eigenvalue weighted by atomic mass is 10.4. The second-order valence-corrected chi connectivity index (χ2v) is 2.73. The Labute approximate surface area is 94.1 Å². The second-order valence-electron chi connectivity index (χ2n) is 2.73. The lowest BCUT2D eigenvalue weighted by Crippen LogP contribution is -2.24. The van der Waals surface area contributed by atoms with Crippen LogP contribution in [0.25, 0.3) is 0 Å². The zero-order valence-electron chi connectivity index (χ0n) is 9.43. The third-order valence-electron chi connectivity index (χ3n) is 1.56. The summed E-state index contributed by atoms with van der Waals surface area (Å²) in [6.07, 6.45) is 0.344. The highest BCUT2D eigenvalue weighted by Gasteiger charge is 2.14. The van der Waals surface area contributed by atoms with Gasteiger partial charge >= 0.3 is 11.9 Å². The summed E-state index contributed by atoms with van der Waals surface area (Å²) in [5.41, 5.74) is 0. The molecule has 0 aliphatic heterocycles. The van der Waals surface area contributed by atoms with Gasteiger partial charge in [-0.2, -0.15) is 0 Å². The summed E-state index contributed by atoms with van der Waals surface area (Å²) in [5, 5.41) is 0. The summed E-state index contributed by atoms with van der Waals surface area (Å²) in [6.45, 7) is 3.37. The van der Waals surface area contributed by atoms with Crippen LogP contribution in [0.3, 0.4) is 0 Å². The molecule has 0 saturated carbocycles. The molecule has 6 heteroatoms. The number of ether oxygens (including phenoxy) is 4. The standard InChI is InChI=1S/C10H16O6/c1-4-5-15-8(11)6-9(12)16-7-10(13-2)14-3/h4,10H,1,5-7H2,2-3H3. The van der Waals surface area contributed by atoms with Crippen LogP contribution < -0.4 is 0 Å². The maximum Gasteiger partial charge on any atom is 0.317 e. The predicted molar refractivity (Wildman–Crippen MR) is 54.5 cm³/mol. The minimum absolute atomic E-state index is 0.0689. The molecule has 6 nitrogen and oxygen atoms in total. The molecular weight excluding hydrogens is 216 g/mol. The first-order chi connectivity index (χ1) is 7.63. The summed E-state index contributed by atoms with van der Waals surface area (Å²) in [5.74, 6) is -1.34. The number of rotatable bonds is 8. The minimum Gasteiger partial charge on any atom is -0.461 e. The Balaban J connectivity index is 3.72. The second kappa shape index (κ2) is 8.87. The van der Waals surface area contributed by atoms with Crippen LogP contribution >= 0.6 is 0 Å². The van der Waals surface area contributed by atoms with Crippen LogP contribution in [-0.4, -0.2) is 45.7 Å².